The average Bonchev–Trinajstić information content (AvgIpc) is 3.06. The summed E-state index contributed by atoms with van der Waals surface area (Å²) in [6.07, 6.45) is 6.68. The predicted molar refractivity (Wildman–Crippen MR) is 109 cm³/mol. The third kappa shape index (κ3) is 3.72. The second-order valence-electron chi connectivity index (χ2n) is 7.07. The average molecular weight is 356 g/mol. The minimum absolute atomic E-state index is 0.0556. The summed E-state index contributed by atoms with van der Waals surface area (Å²) < 4.78 is 2.28. The Kier molecular flexibility index (Phi) is 4.93. The molecule has 1 aromatic heterocycles. The van der Waals surface area contributed by atoms with E-state index in [1.165, 1.54) is 16.8 Å². The van der Waals surface area contributed by atoms with Crippen molar-refractivity contribution in [2.24, 2.45) is 0 Å². The molecule has 1 aliphatic rings. The van der Waals surface area contributed by atoms with Crippen molar-refractivity contribution in [2.75, 3.05) is 6.54 Å². The van der Waals surface area contributed by atoms with E-state index in [9.17, 15) is 4.79 Å². The van der Waals surface area contributed by atoms with Crippen LogP contribution in [0.25, 0.3) is 6.08 Å². The first-order valence-corrected chi connectivity index (χ1v) is 9.48. The fourth-order valence-corrected chi connectivity index (χ4v) is 3.84. The van der Waals surface area contributed by atoms with E-state index in [-0.39, 0.29) is 11.9 Å². The molecule has 0 saturated carbocycles. The van der Waals surface area contributed by atoms with Gasteiger partial charge in [-0.2, -0.15) is 0 Å². The zero-order valence-corrected chi connectivity index (χ0v) is 15.6. The number of fused-ring (bicyclic) bond motifs is 1. The van der Waals surface area contributed by atoms with Crippen LogP contribution in [0, 0.1) is 6.92 Å². The first-order valence-electron chi connectivity index (χ1n) is 9.48. The molecule has 1 unspecified atom stereocenters. The van der Waals surface area contributed by atoms with Gasteiger partial charge in [-0.3, -0.25) is 4.79 Å². The van der Waals surface area contributed by atoms with Gasteiger partial charge in [-0.25, -0.2) is 0 Å². The second kappa shape index (κ2) is 7.67. The lowest BCUT2D eigenvalue weighted by molar-refractivity contribution is -0.127. The highest BCUT2D eigenvalue weighted by Crippen LogP contribution is 2.32. The number of carbonyl (C=O) groups excluding carboxylic acids is 1. The van der Waals surface area contributed by atoms with Crippen molar-refractivity contribution in [3.8, 4) is 0 Å². The van der Waals surface area contributed by atoms with Gasteiger partial charge in [0.2, 0.25) is 5.91 Å². The van der Waals surface area contributed by atoms with Gasteiger partial charge in [-0.05, 0) is 42.7 Å². The van der Waals surface area contributed by atoms with Gasteiger partial charge in [0.05, 0.1) is 6.04 Å². The number of carbonyl (C=O) groups is 1. The molecular formula is C24H24N2O. The first kappa shape index (κ1) is 17.3. The molecule has 3 aromatic rings. The van der Waals surface area contributed by atoms with Gasteiger partial charge in [-0.1, -0.05) is 60.2 Å². The standard InChI is InChI=1S/C24H24N2O/c1-19-8-5-11-21(18-19)24-22-12-6-15-25(22)16-7-17-26(24)23(27)14-13-20-9-3-2-4-10-20/h2-6,8-15,18,24H,7,16-17H2,1H3/b14-13+. The molecule has 1 amide bonds. The van der Waals surface area contributed by atoms with Crippen LogP contribution in [0.15, 0.2) is 79.0 Å². The SMILES string of the molecule is Cc1cccc(C2c3cccn3CCCN2C(=O)/C=C/c2ccccc2)c1. The highest BCUT2D eigenvalue weighted by atomic mass is 16.2. The molecule has 0 saturated heterocycles. The van der Waals surface area contributed by atoms with Gasteiger partial charge in [0.15, 0.2) is 0 Å². The van der Waals surface area contributed by atoms with Crippen molar-refractivity contribution in [3.63, 3.8) is 0 Å². The van der Waals surface area contributed by atoms with E-state index in [4.69, 9.17) is 0 Å². The maximum absolute atomic E-state index is 13.2. The molecule has 0 bridgehead atoms. The largest absolute Gasteiger partial charge is 0.349 e. The molecule has 0 fully saturated rings. The Balaban J connectivity index is 1.71. The lowest BCUT2D eigenvalue weighted by Gasteiger charge is -2.30. The summed E-state index contributed by atoms with van der Waals surface area (Å²) in [5.41, 5.74) is 4.59. The van der Waals surface area contributed by atoms with Crippen molar-refractivity contribution in [1.29, 1.82) is 0 Å². The minimum atomic E-state index is -0.0599. The van der Waals surface area contributed by atoms with Crippen LogP contribution < -0.4 is 0 Å². The van der Waals surface area contributed by atoms with E-state index in [2.05, 4.69) is 54.1 Å². The number of hydrogen-bond donors (Lipinski definition) is 0. The summed E-state index contributed by atoms with van der Waals surface area (Å²) in [7, 11) is 0. The lowest BCUT2D eigenvalue weighted by atomic mass is 9.99. The molecule has 3 nitrogen and oxygen atoms in total. The van der Waals surface area contributed by atoms with Crippen LogP contribution in [0.5, 0.6) is 0 Å². The normalized spacial score (nSPS) is 16.9. The zero-order valence-electron chi connectivity index (χ0n) is 15.6. The van der Waals surface area contributed by atoms with Gasteiger partial charge < -0.3 is 9.47 Å². The number of benzene rings is 2. The zero-order chi connectivity index (χ0) is 18.6. The van der Waals surface area contributed by atoms with E-state index in [1.54, 1.807) is 6.08 Å². The van der Waals surface area contributed by atoms with Gasteiger partial charge in [-0.15, -0.1) is 0 Å². The minimum Gasteiger partial charge on any atom is -0.349 e. The van der Waals surface area contributed by atoms with Crippen molar-refractivity contribution >= 4 is 12.0 Å². The summed E-state index contributed by atoms with van der Waals surface area (Å²) in [6, 6.07) is 22.6. The Labute approximate surface area is 160 Å². The van der Waals surface area contributed by atoms with E-state index in [0.717, 1.165) is 25.1 Å². The number of hydrogen-bond acceptors (Lipinski definition) is 1. The van der Waals surface area contributed by atoms with Crippen LogP contribution in [0.1, 0.15) is 34.8 Å². The van der Waals surface area contributed by atoms with Crippen LogP contribution >= 0.6 is 0 Å². The van der Waals surface area contributed by atoms with Crippen LogP contribution in [-0.4, -0.2) is 21.9 Å². The van der Waals surface area contributed by atoms with Crippen molar-refractivity contribution in [3.05, 3.63) is 101 Å². The van der Waals surface area contributed by atoms with Gasteiger partial charge >= 0.3 is 0 Å². The van der Waals surface area contributed by atoms with Crippen molar-refractivity contribution in [2.45, 2.75) is 25.9 Å². The van der Waals surface area contributed by atoms with E-state index in [0.29, 0.717) is 0 Å². The maximum Gasteiger partial charge on any atom is 0.247 e. The third-order valence-electron chi connectivity index (χ3n) is 5.11. The molecule has 136 valence electrons. The summed E-state index contributed by atoms with van der Waals surface area (Å²) in [5, 5.41) is 0. The monoisotopic (exact) mass is 356 g/mol. The van der Waals surface area contributed by atoms with Crippen LogP contribution in [0.2, 0.25) is 0 Å². The van der Waals surface area contributed by atoms with Gasteiger partial charge in [0.25, 0.3) is 0 Å². The molecule has 4 rings (SSSR count). The lowest BCUT2D eigenvalue weighted by Crippen LogP contribution is -2.34. The molecule has 1 aliphatic heterocycles. The van der Waals surface area contributed by atoms with E-state index >= 15 is 0 Å². The fourth-order valence-electron chi connectivity index (χ4n) is 3.84. The van der Waals surface area contributed by atoms with Gasteiger partial charge in [0, 0.05) is 31.1 Å². The topological polar surface area (TPSA) is 25.2 Å². The predicted octanol–water partition coefficient (Wildman–Crippen LogP) is 4.83. The molecule has 1 atom stereocenters. The molecular weight excluding hydrogens is 332 g/mol. The molecule has 0 aliphatic carbocycles. The molecule has 0 spiro atoms. The highest BCUT2D eigenvalue weighted by molar-refractivity contribution is 5.92. The van der Waals surface area contributed by atoms with Gasteiger partial charge in [0.1, 0.15) is 0 Å². The Morgan fingerprint density at radius 1 is 1.00 bits per heavy atom. The molecule has 2 heterocycles. The Bertz CT molecular complexity index is 955. The third-order valence-corrected chi connectivity index (χ3v) is 5.11. The number of aryl methyl sites for hydroxylation is 2. The highest BCUT2D eigenvalue weighted by Gasteiger charge is 2.29. The summed E-state index contributed by atoms with van der Waals surface area (Å²) in [6.45, 7) is 3.79. The van der Waals surface area contributed by atoms with Crippen LogP contribution in [-0.2, 0) is 11.3 Å². The molecule has 3 heteroatoms. The summed E-state index contributed by atoms with van der Waals surface area (Å²) >= 11 is 0. The summed E-state index contributed by atoms with van der Waals surface area (Å²) in [4.78, 5) is 15.2. The van der Waals surface area contributed by atoms with Crippen molar-refractivity contribution in [1.82, 2.24) is 9.47 Å². The molecule has 2 aromatic carbocycles. The van der Waals surface area contributed by atoms with Crippen molar-refractivity contribution < 1.29 is 4.79 Å². The van der Waals surface area contributed by atoms with E-state index < -0.39 is 0 Å². The Morgan fingerprint density at radius 2 is 1.85 bits per heavy atom. The maximum atomic E-state index is 13.2. The quantitative estimate of drug-likeness (QED) is 0.617. The Morgan fingerprint density at radius 3 is 2.67 bits per heavy atom. The van der Waals surface area contributed by atoms with Crippen LogP contribution in [0.3, 0.4) is 0 Å². The smallest absolute Gasteiger partial charge is 0.247 e. The molecule has 27 heavy (non-hydrogen) atoms. The number of amides is 1. The molecule has 0 radical (unpaired) electrons. The number of rotatable bonds is 3. The molecule has 0 N–H and O–H groups in total. The summed E-state index contributed by atoms with van der Waals surface area (Å²) in [5.74, 6) is 0.0556. The number of aromatic nitrogens is 1. The first-order chi connectivity index (χ1) is 13.2. The van der Waals surface area contributed by atoms with Crippen LogP contribution in [0.4, 0.5) is 0 Å². The number of nitrogens with zero attached hydrogens (tertiary/aromatic N) is 2. The Hall–Kier alpha value is -3.07. The van der Waals surface area contributed by atoms with E-state index in [1.807, 2.05) is 41.3 Å². The second-order valence-corrected chi connectivity index (χ2v) is 7.07. The fraction of sp³-hybridized carbons (Fsp3) is 0.208.